The van der Waals surface area contributed by atoms with Crippen LogP contribution in [0.4, 0.5) is 0 Å². The Morgan fingerprint density at radius 2 is 1.90 bits per heavy atom. The van der Waals surface area contributed by atoms with Crippen LogP contribution in [0.5, 0.6) is 17.4 Å². The van der Waals surface area contributed by atoms with E-state index in [9.17, 15) is 14.7 Å². The molecule has 1 aliphatic rings. The van der Waals surface area contributed by atoms with Crippen molar-refractivity contribution in [2.24, 2.45) is 5.10 Å². The molecule has 160 valence electrons. The van der Waals surface area contributed by atoms with Crippen molar-refractivity contribution in [1.29, 1.82) is 0 Å². The van der Waals surface area contributed by atoms with Crippen molar-refractivity contribution in [2.45, 2.75) is 19.0 Å². The van der Waals surface area contributed by atoms with E-state index in [2.05, 4.69) is 15.5 Å². The third kappa shape index (κ3) is 3.89. The van der Waals surface area contributed by atoms with Crippen molar-refractivity contribution < 1.29 is 14.6 Å². The molecule has 0 spiro atoms. The lowest BCUT2D eigenvalue weighted by Gasteiger charge is -2.16. The zero-order valence-electron chi connectivity index (χ0n) is 17.1. The number of hydrogen-bond donors (Lipinski definition) is 3. The molecule has 3 N–H and O–H groups in total. The highest BCUT2D eigenvalue weighted by molar-refractivity contribution is 6.03. The molecule has 9 nitrogen and oxygen atoms in total. The SMILES string of the molecule is COc1ccc(OC)c([C@H]2CC(c3c(O)n(Cc4ccccc4)c(=O)[nH]c3=O)=NN2)c1. The molecule has 3 aromatic rings. The van der Waals surface area contributed by atoms with Crippen LogP contribution in [0.1, 0.15) is 29.2 Å². The fourth-order valence-corrected chi connectivity index (χ4v) is 3.62. The van der Waals surface area contributed by atoms with Gasteiger partial charge in [0, 0.05) is 12.0 Å². The molecule has 0 bridgehead atoms. The van der Waals surface area contributed by atoms with E-state index in [0.717, 1.165) is 15.7 Å². The smallest absolute Gasteiger partial charge is 0.331 e. The van der Waals surface area contributed by atoms with E-state index in [1.54, 1.807) is 26.4 Å². The predicted octanol–water partition coefficient (Wildman–Crippen LogP) is 1.75. The first-order valence-electron chi connectivity index (χ1n) is 9.66. The average molecular weight is 422 g/mol. The minimum absolute atomic E-state index is 0.0348. The minimum Gasteiger partial charge on any atom is -0.497 e. The van der Waals surface area contributed by atoms with Crippen LogP contribution in [-0.2, 0) is 6.54 Å². The van der Waals surface area contributed by atoms with Crippen LogP contribution >= 0.6 is 0 Å². The lowest BCUT2D eigenvalue weighted by Crippen LogP contribution is -2.34. The summed E-state index contributed by atoms with van der Waals surface area (Å²) < 4.78 is 11.9. The molecular weight excluding hydrogens is 400 g/mol. The Kier molecular flexibility index (Phi) is 5.48. The van der Waals surface area contributed by atoms with E-state index in [4.69, 9.17) is 9.47 Å². The lowest BCUT2D eigenvalue weighted by molar-refractivity contribution is 0.392. The second-order valence-corrected chi connectivity index (χ2v) is 7.08. The van der Waals surface area contributed by atoms with Crippen LogP contribution in [0.3, 0.4) is 0 Å². The predicted molar refractivity (Wildman–Crippen MR) is 115 cm³/mol. The molecule has 9 heteroatoms. The Balaban J connectivity index is 1.68. The molecule has 0 saturated heterocycles. The van der Waals surface area contributed by atoms with Gasteiger partial charge in [-0.1, -0.05) is 30.3 Å². The first kappa shape index (κ1) is 20.3. The van der Waals surface area contributed by atoms with Crippen molar-refractivity contribution in [3.8, 4) is 17.4 Å². The fraction of sp³-hybridized carbons (Fsp3) is 0.227. The lowest BCUT2D eigenvalue weighted by atomic mass is 9.99. The van der Waals surface area contributed by atoms with Gasteiger partial charge in [-0.15, -0.1) is 0 Å². The van der Waals surface area contributed by atoms with E-state index >= 15 is 0 Å². The molecule has 1 atom stereocenters. The Labute approximate surface area is 177 Å². The van der Waals surface area contributed by atoms with Crippen LogP contribution in [0, 0.1) is 0 Å². The molecule has 2 heterocycles. The Morgan fingerprint density at radius 3 is 2.61 bits per heavy atom. The quantitative estimate of drug-likeness (QED) is 0.557. The number of hydrogen-bond acceptors (Lipinski definition) is 7. The second kappa shape index (κ2) is 8.39. The number of benzene rings is 2. The van der Waals surface area contributed by atoms with Gasteiger partial charge in [0.2, 0.25) is 5.88 Å². The van der Waals surface area contributed by atoms with Gasteiger partial charge in [0.25, 0.3) is 5.56 Å². The highest BCUT2D eigenvalue weighted by atomic mass is 16.5. The van der Waals surface area contributed by atoms with Crippen LogP contribution in [-0.4, -0.2) is 34.6 Å². The van der Waals surface area contributed by atoms with Gasteiger partial charge in [0.15, 0.2) is 0 Å². The molecular formula is C22H22N4O5. The molecule has 4 rings (SSSR count). The van der Waals surface area contributed by atoms with Gasteiger partial charge < -0.3 is 20.0 Å². The van der Waals surface area contributed by atoms with Crippen LogP contribution in [0.2, 0.25) is 0 Å². The summed E-state index contributed by atoms with van der Waals surface area (Å²) in [5, 5.41) is 15.1. The minimum atomic E-state index is -0.689. The zero-order valence-corrected chi connectivity index (χ0v) is 17.1. The van der Waals surface area contributed by atoms with Gasteiger partial charge in [-0.3, -0.25) is 14.3 Å². The van der Waals surface area contributed by atoms with Gasteiger partial charge in [-0.25, -0.2) is 4.79 Å². The summed E-state index contributed by atoms with van der Waals surface area (Å²) in [6.45, 7) is 0.114. The van der Waals surface area contributed by atoms with E-state index in [1.165, 1.54) is 0 Å². The second-order valence-electron chi connectivity index (χ2n) is 7.08. The topological polar surface area (TPSA) is 118 Å². The summed E-state index contributed by atoms with van der Waals surface area (Å²) in [6.07, 6.45) is 0.309. The monoisotopic (exact) mass is 422 g/mol. The number of aromatic hydroxyl groups is 1. The number of rotatable bonds is 6. The van der Waals surface area contributed by atoms with Gasteiger partial charge in [-0.2, -0.15) is 5.10 Å². The number of nitrogens with one attached hydrogen (secondary N) is 2. The van der Waals surface area contributed by atoms with Gasteiger partial charge in [0.1, 0.15) is 17.1 Å². The maximum atomic E-state index is 12.5. The molecule has 1 aromatic heterocycles. The Morgan fingerprint density at radius 1 is 1.13 bits per heavy atom. The highest BCUT2D eigenvalue weighted by Gasteiger charge is 2.29. The summed E-state index contributed by atoms with van der Waals surface area (Å²) in [5.41, 5.74) is 3.53. The Hall–Kier alpha value is -4.01. The van der Waals surface area contributed by atoms with E-state index in [1.807, 2.05) is 36.4 Å². The van der Waals surface area contributed by atoms with Crippen molar-refractivity contribution in [1.82, 2.24) is 15.0 Å². The summed E-state index contributed by atoms with van der Waals surface area (Å²) >= 11 is 0. The number of methoxy groups -OCH3 is 2. The van der Waals surface area contributed by atoms with E-state index < -0.39 is 17.1 Å². The maximum Gasteiger partial charge on any atom is 0.331 e. The average Bonchev–Trinajstić information content (AvgIpc) is 3.26. The molecule has 31 heavy (non-hydrogen) atoms. The third-order valence-corrected chi connectivity index (χ3v) is 5.21. The van der Waals surface area contributed by atoms with Crippen LogP contribution < -0.4 is 26.1 Å². The van der Waals surface area contributed by atoms with Crippen molar-refractivity contribution in [3.63, 3.8) is 0 Å². The van der Waals surface area contributed by atoms with E-state index in [-0.39, 0.29) is 18.2 Å². The summed E-state index contributed by atoms with van der Waals surface area (Å²) in [7, 11) is 3.14. The third-order valence-electron chi connectivity index (χ3n) is 5.21. The summed E-state index contributed by atoms with van der Waals surface area (Å²) in [5.74, 6) is 0.876. The fourth-order valence-electron chi connectivity index (χ4n) is 3.62. The van der Waals surface area contributed by atoms with Crippen LogP contribution in [0.25, 0.3) is 0 Å². The molecule has 0 radical (unpaired) electrons. The number of H-pyrrole nitrogens is 1. The maximum absolute atomic E-state index is 12.5. The van der Waals surface area contributed by atoms with Gasteiger partial charge in [-0.05, 0) is 23.8 Å². The number of ether oxygens (including phenoxy) is 2. The molecule has 0 fully saturated rings. The number of hydrazone groups is 1. The van der Waals surface area contributed by atoms with Gasteiger partial charge >= 0.3 is 5.69 Å². The largest absolute Gasteiger partial charge is 0.497 e. The summed E-state index contributed by atoms with van der Waals surface area (Å²) in [4.78, 5) is 27.2. The molecule has 0 unspecified atom stereocenters. The van der Waals surface area contributed by atoms with E-state index in [0.29, 0.717) is 23.6 Å². The molecule has 2 aromatic carbocycles. The molecule has 0 aliphatic carbocycles. The standard InChI is InChI=1S/C22H22N4O5/c1-30-14-8-9-18(31-2)15(10-14)16-11-17(25-24-16)19-20(27)23-22(29)26(21(19)28)12-13-6-4-3-5-7-13/h3-10,16,24,28H,11-12H2,1-2H3,(H,23,27,29)/t16-/m1/s1. The number of aromatic amines is 1. The van der Waals surface area contributed by atoms with Crippen molar-refractivity contribution in [2.75, 3.05) is 14.2 Å². The highest BCUT2D eigenvalue weighted by Crippen LogP contribution is 2.34. The van der Waals surface area contributed by atoms with Gasteiger partial charge in [0.05, 0.1) is 32.5 Å². The number of aromatic nitrogens is 2. The molecule has 0 saturated carbocycles. The molecule has 1 aliphatic heterocycles. The normalized spacial score (nSPS) is 15.3. The van der Waals surface area contributed by atoms with Crippen LogP contribution in [0.15, 0.2) is 63.2 Å². The Bertz CT molecular complexity index is 1250. The summed E-state index contributed by atoms with van der Waals surface area (Å²) in [6, 6.07) is 14.3. The number of nitrogens with zero attached hydrogens (tertiary/aromatic N) is 2. The zero-order chi connectivity index (χ0) is 22.0. The van der Waals surface area contributed by atoms with Crippen molar-refractivity contribution in [3.05, 3.63) is 86.1 Å². The first-order valence-corrected chi connectivity index (χ1v) is 9.66. The first-order chi connectivity index (χ1) is 15.0. The van der Waals surface area contributed by atoms with Crippen molar-refractivity contribution >= 4 is 5.71 Å². The molecule has 0 amide bonds.